The SMILES string of the molecule is O=C1COC2(CCN(S(=O)(=O)c3cc(F)c(-c4ccc5cc[nH]c5c4)cc3F)CC2)CN1C1CC1. The zero-order chi connectivity index (χ0) is 24.4. The van der Waals surface area contributed by atoms with E-state index in [-0.39, 0.29) is 37.2 Å². The Bertz CT molecular complexity index is 1430. The summed E-state index contributed by atoms with van der Waals surface area (Å²) in [5.41, 5.74) is 0.626. The maximum atomic E-state index is 15.1. The van der Waals surface area contributed by atoms with E-state index in [2.05, 4.69) is 4.98 Å². The number of amides is 1. The Morgan fingerprint density at radius 3 is 2.54 bits per heavy atom. The zero-order valence-electron chi connectivity index (χ0n) is 19.0. The second-order valence-electron chi connectivity index (χ2n) is 9.67. The van der Waals surface area contributed by atoms with Crippen LogP contribution in [0.3, 0.4) is 0 Å². The molecular weight excluding hydrogens is 476 g/mol. The van der Waals surface area contributed by atoms with Crippen LogP contribution in [-0.4, -0.2) is 66.4 Å². The average Bonchev–Trinajstić information content (AvgIpc) is 3.58. The van der Waals surface area contributed by atoms with Gasteiger partial charge in [-0.25, -0.2) is 17.2 Å². The molecule has 2 saturated heterocycles. The number of fused-ring (bicyclic) bond motifs is 1. The molecule has 2 aliphatic heterocycles. The van der Waals surface area contributed by atoms with Gasteiger partial charge in [-0.1, -0.05) is 12.1 Å². The van der Waals surface area contributed by atoms with Crippen LogP contribution in [0.4, 0.5) is 8.78 Å². The van der Waals surface area contributed by atoms with Crippen LogP contribution >= 0.6 is 0 Å². The minimum absolute atomic E-state index is 0.00116. The first kappa shape index (κ1) is 22.6. The second kappa shape index (κ2) is 8.11. The summed E-state index contributed by atoms with van der Waals surface area (Å²) in [7, 11) is -4.25. The van der Waals surface area contributed by atoms with Gasteiger partial charge in [0.2, 0.25) is 15.9 Å². The summed E-state index contributed by atoms with van der Waals surface area (Å²) in [4.78, 5) is 16.4. The lowest BCUT2D eigenvalue weighted by molar-refractivity contribution is -0.170. The fraction of sp³-hybridized carbons (Fsp3) is 0.400. The second-order valence-corrected chi connectivity index (χ2v) is 11.6. The molecule has 3 aromatic rings. The van der Waals surface area contributed by atoms with Crippen molar-refractivity contribution in [3.05, 3.63) is 54.2 Å². The predicted molar refractivity (Wildman–Crippen MR) is 125 cm³/mol. The van der Waals surface area contributed by atoms with Crippen LogP contribution in [0.15, 0.2) is 47.5 Å². The van der Waals surface area contributed by atoms with Crippen molar-refractivity contribution >= 4 is 26.8 Å². The monoisotopic (exact) mass is 501 g/mol. The fourth-order valence-corrected chi connectivity index (χ4v) is 6.70. The Morgan fingerprint density at radius 1 is 1.03 bits per heavy atom. The van der Waals surface area contributed by atoms with Gasteiger partial charge in [0, 0.05) is 36.4 Å². The van der Waals surface area contributed by atoms with Crippen LogP contribution in [-0.2, 0) is 19.6 Å². The molecule has 0 unspecified atom stereocenters. The van der Waals surface area contributed by atoms with Crippen LogP contribution in [0.2, 0.25) is 0 Å². The standard InChI is InChI=1S/C25H25F2N3O4S/c26-20-13-23(21(27)12-19(20)17-2-1-16-5-8-28-22(16)11-17)35(32,33)29-9-6-25(7-10-29)15-30(18-3-4-18)24(31)14-34-25/h1-2,5,8,11-13,18,28H,3-4,6-7,9-10,14-15H2. The summed E-state index contributed by atoms with van der Waals surface area (Å²) >= 11 is 0. The molecule has 1 amide bonds. The number of benzene rings is 2. The van der Waals surface area contributed by atoms with Gasteiger partial charge in [0.15, 0.2) is 0 Å². The molecule has 3 aliphatic rings. The lowest BCUT2D eigenvalue weighted by Crippen LogP contribution is -2.59. The minimum atomic E-state index is -4.25. The molecule has 1 saturated carbocycles. The van der Waals surface area contributed by atoms with E-state index in [9.17, 15) is 13.2 Å². The van der Waals surface area contributed by atoms with Crippen molar-refractivity contribution in [1.29, 1.82) is 0 Å². The number of sulfonamides is 1. The van der Waals surface area contributed by atoms with Gasteiger partial charge >= 0.3 is 0 Å². The van der Waals surface area contributed by atoms with Crippen molar-refractivity contribution in [3.8, 4) is 11.1 Å². The molecule has 7 nitrogen and oxygen atoms in total. The molecule has 0 radical (unpaired) electrons. The molecule has 10 heteroatoms. The lowest BCUT2D eigenvalue weighted by Gasteiger charge is -2.46. The molecule has 1 N–H and O–H groups in total. The molecule has 184 valence electrons. The lowest BCUT2D eigenvalue weighted by atomic mass is 9.90. The van der Waals surface area contributed by atoms with Crippen molar-refractivity contribution in [2.24, 2.45) is 0 Å². The van der Waals surface area contributed by atoms with Crippen LogP contribution in [0.1, 0.15) is 25.7 Å². The van der Waals surface area contributed by atoms with E-state index in [0.717, 1.165) is 35.9 Å². The smallest absolute Gasteiger partial charge is 0.248 e. The Labute approximate surface area is 201 Å². The molecule has 2 aromatic carbocycles. The highest BCUT2D eigenvalue weighted by molar-refractivity contribution is 7.89. The van der Waals surface area contributed by atoms with E-state index in [1.54, 1.807) is 24.4 Å². The van der Waals surface area contributed by atoms with Crippen molar-refractivity contribution in [2.45, 2.75) is 42.2 Å². The van der Waals surface area contributed by atoms with Crippen LogP contribution in [0, 0.1) is 11.6 Å². The molecule has 6 rings (SSSR count). The molecule has 3 fully saturated rings. The van der Waals surface area contributed by atoms with Crippen LogP contribution in [0.5, 0.6) is 0 Å². The average molecular weight is 502 g/mol. The number of H-pyrrole nitrogens is 1. The molecule has 3 heterocycles. The summed E-state index contributed by atoms with van der Waals surface area (Å²) in [5.74, 6) is -1.83. The molecule has 1 aromatic heterocycles. The van der Waals surface area contributed by atoms with E-state index in [1.165, 1.54) is 4.31 Å². The third kappa shape index (κ3) is 3.93. The topological polar surface area (TPSA) is 82.7 Å². The van der Waals surface area contributed by atoms with Crippen molar-refractivity contribution in [3.63, 3.8) is 0 Å². The fourth-order valence-electron chi connectivity index (χ4n) is 5.20. The maximum absolute atomic E-state index is 15.1. The summed E-state index contributed by atoms with van der Waals surface area (Å²) in [6.45, 7) is 0.675. The predicted octanol–water partition coefficient (Wildman–Crippen LogP) is 3.66. The van der Waals surface area contributed by atoms with Gasteiger partial charge in [-0.15, -0.1) is 0 Å². The van der Waals surface area contributed by atoms with E-state index in [4.69, 9.17) is 4.74 Å². The Hall–Kier alpha value is -2.82. The van der Waals surface area contributed by atoms with Crippen LogP contribution in [0.25, 0.3) is 22.0 Å². The summed E-state index contributed by atoms with van der Waals surface area (Å²) < 4.78 is 63.8. The number of piperidine rings is 1. The van der Waals surface area contributed by atoms with Gasteiger partial charge in [-0.05, 0) is 60.9 Å². The highest BCUT2D eigenvalue weighted by atomic mass is 32.2. The number of hydrogen-bond donors (Lipinski definition) is 1. The number of aromatic amines is 1. The first-order valence-corrected chi connectivity index (χ1v) is 13.2. The number of rotatable bonds is 4. The molecular formula is C25H25F2N3O4S. The van der Waals surface area contributed by atoms with Gasteiger partial charge in [0.05, 0.1) is 12.1 Å². The normalized spacial score (nSPS) is 21.2. The molecule has 35 heavy (non-hydrogen) atoms. The van der Waals surface area contributed by atoms with E-state index >= 15 is 8.78 Å². The number of carbonyl (C=O) groups excluding carboxylic acids is 1. The Balaban J connectivity index is 1.23. The first-order chi connectivity index (χ1) is 16.8. The van der Waals surface area contributed by atoms with Crippen molar-refractivity contribution in [2.75, 3.05) is 26.2 Å². The maximum Gasteiger partial charge on any atom is 0.248 e. The Kier molecular flexibility index (Phi) is 5.24. The highest BCUT2D eigenvalue weighted by Gasteiger charge is 2.47. The van der Waals surface area contributed by atoms with Crippen molar-refractivity contribution < 1.29 is 26.7 Å². The van der Waals surface area contributed by atoms with Gasteiger partial charge in [-0.3, -0.25) is 4.79 Å². The van der Waals surface area contributed by atoms with Crippen LogP contribution < -0.4 is 0 Å². The third-order valence-corrected chi connectivity index (χ3v) is 9.32. The van der Waals surface area contributed by atoms with Gasteiger partial charge in [0.25, 0.3) is 0 Å². The minimum Gasteiger partial charge on any atom is -0.363 e. The number of carbonyl (C=O) groups is 1. The molecule has 0 atom stereocenters. The number of morpholine rings is 1. The number of nitrogens with zero attached hydrogens (tertiary/aromatic N) is 2. The highest BCUT2D eigenvalue weighted by Crippen LogP contribution is 2.38. The summed E-state index contributed by atoms with van der Waals surface area (Å²) in [6, 6.07) is 9.01. The third-order valence-electron chi connectivity index (χ3n) is 7.41. The number of ether oxygens (including phenoxy) is 1. The Morgan fingerprint density at radius 2 is 1.80 bits per heavy atom. The number of aromatic nitrogens is 1. The largest absolute Gasteiger partial charge is 0.363 e. The first-order valence-electron chi connectivity index (χ1n) is 11.8. The van der Waals surface area contributed by atoms with Crippen molar-refractivity contribution in [1.82, 2.24) is 14.2 Å². The molecule has 0 bridgehead atoms. The molecule has 1 spiro atoms. The van der Waals surface area contributed by atoms with E-state index in [1.807, 2.05) is 11.0 Å². The summed E-state index contributed by atoms with van der Waals surface area (Å²) in [6.07, 6.45) is 4.51. The molecule has 1 aliphatic carbocycles. The number of nitrogens with one attached hydrogen (secondary N) is 1. The quantitative estimate of drug-likeness (QED) is 0.592. The van der Waals surface area contributed by atoms with Gasteiger partial charge in [-0.2, -0.15) is 4.31 Å². The van der Waals surface area contributed by atoms with E-state index in [0.29, 0.717) is 24.9 Å². The number of hydrogen-bond acceptors (Lipinski definition) is 4. The summed E-state index contributed by atoms with van der Waals surface area (Å²) in [5, 5.41) is 0.934. The zero-order valence-corrected chi connectivity index (χ0v) is 19.8. The van der Waals surface area contributed by atoms with E-state index < -0.39 is 32.2 Å². The number of halogens is 2. The van der Waals surface area contributed by atoms with Gasteiger partial charge < -0.3 is 14.6 Å². The van der Waals surface area contributed by atoms with Gasteiger partial charge in [0.1, 0.15) is 23.1 Å².